The third-order valence-corrected chi connectivity index (χ3v) is 9.05. The predicted molar refractivity (Wildman–Crippen MR) is 184 cm³/mol. The summed E-state index contributed by atoms with van der Waals surface area (Å²) in [6.07, 6.45) is 0. The number of aromatic nitrogens is 3. The minimum atomic E-state index is 0.639. The zero-order valence-electron chi connectivity index (χ0n) is 24.0. The quantitative estimate of drug-likeness (QED) is 0.155. The third-order valence-electron chi connectivity index (χ3n) is 9.05. The molecule has 2 heterocycles. The van der Waals surface area contributed by atoms with Crippen molar-refractivity contribution >= 4 is 54.3 Å². The van der Waals surface area contributed by atoms with Crippen LogP contribution >= 0.6 is 0 Å². The second-order valence-electron chi connectivity index (χ2n) is 11.6. The van der Waals surface area contributed by atoms with Crippen LogP contribution < -0.4 is 0 Å². The van der Waals surface area contributed by atoms with Gasteiger partial charge in [0.1, 0.15) is 11.2 Å². The van der Waals surface area contributed by atoms with Gasteiger partial charge in [0.05, 0.1) is 0 Å². The van der Waals surface area contributed by atoms with E-state index < -0.39 is 0 Å². The van der Waals surface area contributed by atoms with Crippen molar-refractivity contribution in [1.82, 2.24) is 15.0 Å². The van der Waals surface area contributed by atoms with Gasteiger partial charge in [-0.2, -0.15) is 0 Å². The molecule has 0 amide bonds. The van der Waals surface area contributed by atoms with Crippen molar-refractivity contribution in [2.24, 2.45) is 0 Å². The summed E-state index contributed by atoms with van der Waals surface area (Å²) in [5, 5.41) is 9.50. The Morgan fingerprint density at radius 2 is 0.867 bits per heavy atom. The average Bonchev–Trinajstić information content (AvgIpc) is 3.51. The minimum absolute atomic E-state index is 0.639. The Bertz CT molecular complexity index is 2670. The van der Waals surface area contributed by atoms with E-state index in [0.29, 0.717) is 17.5 Å². The molecule has 208 valence electrons. The summed E-state index contributed by atoms with van der Waals surface area (Å²) in [6.45, 7) is 0. The number of rotatable bonds is 4. The SMILES string of the molecule is c1ccc(-c2ccc(-c3nc(-c4ccccc4)nc(-c4ccc5oc6ccc7ccc8cccc9c4c5c6c7c89)n3)cc2)cc1. The highest BCUT2D eigenvalue weighted by Crippen LogP contribution is 2.48. The lowest BCUT2D eigenvalue weighted by molar-refractivity contribution is 0.669. The van der Waals surface area contributed by atoms with E-state index in [1.54, 1.807) is 0 Å². The molecule has 0 fully saturated rings. The second-order valence-corrected chi connectivity index (χ2v) is 11.6. The number of hydrogen-bond acceptors (Lipinski definition) is 4. The van der Waals surface area contributed by atoms with Gasteiger partial charge in [-0.05, 0) is 50.9 Å². The van der Waals surface area contributed by atoms with Crippen LogP contribution in [-0.2, 0) is 0 Å². The van der Waals surface area contributed by atoms with Crippen molar-refractivity contribution in [2.75, 3.05) is 0 Å². The van der Waals surface area contributed by atoms with E-state index in [-0.39, 0.29) is 0 Å². The van der Waals surface area contributed by atoms with Gasteiger partial charge in [-0.15, -0.1) is 0 Å². The van der Waals surface area contributed by atoms with Crippen LogP contribution in [0.15, 0.2) is 144 Å². The molecule has 0 bridgehead atoms. The molecule has 0 aliphatic carbocycles. The maximum Gasteiger partial charge on any atom is 0.164 e. The highest BCUT2D eigenvalue weighted by Gasteiger charge is 2.24. The monoisotopic (exact) mass is 573 g/mol. The lowest BCUT2D eigenvalue weighted by atomic mass is 9.87. The molecule has 8 aromatic carbocycles. The Balaban J connectivity index is 1.27. The molecule has 45 heavy (non-hydrogen) atoms. The second kappa shape index (κ2) is 9.18. The van der Waals surface area contributed by atoms with Gasteiger partial charge in [0.15, 0.2) is 17.5 Å². The summed E-state index contributed by atoms with van der Waals surface area (Å²) in [7, 11) is 0. The van der Waals surface area contributed by atoms with Gasteiger partial charge in [-0.1, -0.05) is 121 Å². The van der Waals surface area contributed by atoms with Gasteiger partial charge in [-0.25, -0.2) is 15.0 Å². The average molecular weight is 574 g/mol. The molecule has 10 rings (SSSR count). The van der Waals surface area contributed by atoms with Crippen LogP contribution in [-0.4, -0.2) is 15.0 Å². The molecule has 0 N–H and O–H groups in total. The van der Waals surface area contributed by atoms with Crippen LogP contribution in [0.2, 0.25) is 0 Å². The number of hydrogen-bond donors (Lipinski definition) is 0. The van der Waals surface area contributed by atoms with Gasteiger partial charge in [0.25, 0.3) is 0 Å². The molecule has 0 spiro atoms. The van der Waals surface area contributed by atoms with Crippen molar-refractivity contribution in [1.29, 1.82) is 0 Å². The van der Waals surface area contributed by atoms with Gasteiger partial charge in [0.2, 0.25) is 0 Å². The van der Waals surface area contributed by atoms with Gasteiger partial charge < -0.3 is 4.42 Å². The van der Waals surface area contributed by atoms with Crippen LogP contribution in [0, 0.1) is 0 Å². The fourth-order valence-electron chi connectivity index (χ4n) is 7.00. The minimum Gasteiger partial charge on any atom is -0.456 e. The summed E-state index contributed by atoms with van der Waals surface area (Å²) in [4.78, 5) is 15.3. The molecule has 0 saturated heterocycles. The zero-order valence-corrected chi connectivity index (χ0v) is 24.0. The Kier molecular flexibility index (Phi) is 4.96. The molecule has 4 nitrogen and oxygen atoms in total. The number of benzene rings is 8. The number of furan rings is 1. The number of nitrogens with zero attached hydrogens (tertiary/aromatic N) is 3. The van der Waals surface area contributed by atoms with Crippen LogP contribution in [0.4, 0.5) is 0 Å². The van der Waals surface area contributed by atoms with Crippen LogP contribution in [0.3, 0.4) is 0 Å². The predicted octanol–water partition coefficient (Wildman–Crippen LogP) is 10.8. The van der Waals surface area contributed by atoms with Crippen molar-refractivity contribution < 1.29 is 4.42 Å². The van der Waals surface area contributed by atoms with E-state index in [2.05, 4.69) is 103 Å². The maximum absolute atomic E-state index is 6.45. The molecule has 0 unspecified atom stereocenters. The standard InChI is InChI=1S/C41H23N3O/c1-3-8-24(9-4-1)25-14-18-29(19-15-25)40-42-39(28-10-5-2-6-11-28)43-41(44-40)31-21-23-33-38-36(31)30-13-7-12-26-16-17-27-20-22-32(45-33)37(38)35(27)34(26)30/h1-23H. The van der Waals surface area contributed by atoms with Gasteiger partial charge >= 0.3 is 0 Å². The van der Waals surface area contributed by atoms with E-state index >= 15 is 0 Å². The molecule has 0 aliphatic rings. The molecule has 0 aliphatic heterocycles. The Morgan fingerprint density at radius 1 is 0.333 bits per heavy atom. The van der Waals surface area contributed by atoms with Crippen LogP contribution in [0.25, 0.3) is 99.5 Å². The van der Waals surface area contributed by atoms with E-state index in [4.69, 9.17) is 19.4 Å². The number of fused-ring (bicyclic) bond motifs is 1. The Morgan fingerprint density at radius 3 is 1.60 bits per heavy atom. The molecule has 0 radical (unpaired) electrons. The van der Waals surface area contributed by atoms with Gasteiger partial charge in [-0.3, -0.25) is 0 Å². The first-order valence-electron chi connectivity index (χ1n) is 15.1. The van der Waals surface area contributed by atoms with E-state index in [1.165, 1.54) is 32.5 Å². The fourth-order valence-corrected chi connectivity index (χ4v) is 7.00. The van der Waals surface area contributed by atoms with Crippen LogP contribution in [0.1, 0.15) is 0 Å². The van der Waals surface area contributed by atoms with E-state index in [9.17, 15) is 0 Å². The van der Waals surface area contributed by atoms with E-state index in [1.807, 2.05) is 36.4 Å². The lowest BCUT2D eigenvalue weighted by Crippen LogP contribution is -2.01. The van der Waals surface area contributed by atoms with Crippen molar-refractivity contribution in [2.45, 2.75) is 0 Å². The fraction of sp³-hybridized carbons (Fsp3) is 0. The Hall–Kier alpha value is -6.13. The smallest absolute Gasteiger partial charge is 0.164 e. The van der Waals surface area contributed by atoms with Crippen LogP contribution in [0.5, 0.6) is 0 Å². The zero-order chi connectivity index (χ0) is 29.5. The summed E-state index contributed by atoms with van der Waals surface area (Å²) >= 11 is 0. The summed E-state index contributed by atoms with van der Waals surface area (Å²) in [5.41, 5.74) is 6.94. The topological polar surface area (TPSA) is 51.8 Å². The van der Waals surface area contributed by atoms with Crippen molar-refractivity contribution in [3.05, 3.63) is 140 Å². The molecular weight excluding hydrogens is 550 g/mol. The van der Waals surface area contributed by atoms with Gasteiger partial charge in [0, 0.05) is 38.2 Å². The van der Waals surface area contributed by atoms with E-state index in [0.717, 1.165) is 49.6 Å². The highest BCUT2D eigenvalue weighted by atomic mass is 16.3. The molecule has 4 heteroatoms. The molecule has 2 aromatic heterocycles. The van der Waals surface area contributed by atoms with Crippen molar-refractivity contribution in [3.8, 4) is 45.3 Å². The normalized spacial score (nSPS) is 12.0. The third kappa shape index (κ3) is 3.57. The summed E-state index contributed by atoms with van der Waals surface area (Å²) in [6, 6.07) is 48.4. The summed E-state index contributed by atoms with van der Waals surface area (Å²) < 4.78 is 6.45. The Labute approximate surface area is 257 Å². The maximum atomic E-state index is 6.45. The first-order chi connectivity index (χ1) is 22.3. The van der Waals surface area contributed by atoms with Crippen molar-refractivity contribution in [3.63, 3.8) is 0 Å². The molecule has 0 saturated carbocycles. The largest absolute Gasteiger partial charge is 0.456 e. The molecular formula is C41H23N3O. The first-order valence-corrected chi connectivity index (χ1v) is 15.1. The lowest BCUT2D eigenvalue weighted by Gasteiger charge is -2.15. The summed E-state index contributed by atoms with van der Waals surface area (Å²) in [5.74, 6) is 1.92. The molecule has 0 atom stereocenters. The first kappa shape index (κ1) is 24.3. The highest BCUT2D eigenvalue weighted by molar-refractivity contribution is 6.40. The molecule has 10 aromatic rings.